The Bertz CT molecular complexity index is 693. The zero-order chi connectivity index (χ0) is 17.0. The van der Waals surface area contributed by atoms with Gasteiger partial charge in [0.25, 0.3) is 5.69 Å². The van der Waals surface area contributed by atoms with Gasteiger partial charge >= 0.3 is 0 Å². The van der Waals surface area contributed by atoms with Crippen molar-refractivity contribution in [3.8, 4) is 17.2 Å². The summed E-state index contributed by atoms with van der Waals surface area (Å²) in [5.74, 6) is 0.842. The molecule has 0 saturated carbocycles. The van der Waals surface area contributed by atoms with Crippen molar-refractivity contribution in [1.29, 1.82) is 0 Å². The Balaban J connectivity index is 2.39. The van der Waals surface area contributed by atoms with Gasteiger partial charge in [-0.3, -0.25) is 14.9 Å². The van der Waals surface area contributed by atoms with Gasteiger partial charge in [0.05, 0.1) is 18.6 Å². The van der Waals surface area contributed by atoms with Gasteiger partial charge in [0, 0.05) is 23.3 Å². The minimum Gasteiger partial charge on any atom is -0.493 e. The molecule has 120 valence electrons. The fourth-order valence-corrected chi connectivity index (χ4v) is 1.99. The lowest BCUT2D eigenvalue weighted by atomic mass is 10.1. The van der Waals surface area contributed by atoms with E-state index in [1.54, 1.807) is 18.2 Å². The Morgan fingerprint density at radius 2 is 1.87 bits per heavy atom. The third-order valence-corrected chi connectivity index (χ3v) is 3.22. The second-order valence-electron chi connectivity index (χ2n) is 4.73. The highest BCUT2D eigenvalue weighted by Crippen LogP contribution is 2.35. The van der Waals surface area contributed by atoms with E-state index in [9.17, 15) is 20.0 Å². The predicted octanol–water partition coefficient (Wildman–Crippen LogP) is 3.09. The first-order valence-corrected chi connectivity index (χ1v) is 6.71. The van der Waals surface area contributed by atoms with E-state index in [0.717, 1.165) is 0 Å². The number of hydrogen-bond donors (Lipinski definition) is 1. The maximum atomic E-state index is 11.4. The molecule has 0 aromatic heterocycles. The molecular formula is C16H15NO6. The smallest absolute Gasteiger partial charge is 0.270 e. The van der Waals surface area contributed by atoms with Gasteiger partial charge in [0.15, 0.2) is 17.3 Å². The molecule has 0 amide bonds. The van der Waals surface area contributed by atoms with Crippen LogP contribution in [0.2, 0.25) is 0 Å². The maximum Gasteiger partial charge on any atom is 0.270 e. The molecule has 0 bridgehead atoms. The van der Waals surface area contributed by atoms with Gasteiger partial charge in [0.2, 0.25) is 0 Å². The van der Waals surface area contributed by atoms with Crippen molar-refractivity contribution in [3.05, 3.63) is 57.6 Å². The van der Waals surface area contributed by atoms with Crippen LogP contribution in [0, 0.1) is 10.1 Å². The van der Waals surface area contributed by atoms with E-state index in [1.165, 1.54) is 32.2 Å². The standard InChI is InChI=1S/C16H15NO6/c1-10(19)11-3-5-15(16(8-11)22-2)23-14-6-4-13(17(20)21)7-12(14)9-18/h3-8,18H,9H2,1-2H3. The Hall–Kier alpha value is -2.93. The highest BCUT2D eigenvalue weighted by molar-refractivity contribution is 5.94. The Kier molecular flexibility index (Phi) is 4.92. The SMILES string of the molecule is COc1cc(C(C)=O)ccc1Oc1ccc([N+](=O)[O-])cc1CO. The van der Waals surface area contributed by atoms with Crippen LogP contribution in [0.15, 0.2) is 36.4 Å². The molecule has 2 aromatic rings. The minimum absolute atomic E-state index is 0.110. The topological polar surface area (TPSA) is 98.9 Å². The molecule has 0 saturated heterocycles. The number of aliphatic hydroxyl groups is 1. The summed E-state index contributed by atoms with van der Waals surface area (Å²) in [7, 11) is 1.44. The molecule has 7 nitrogen and oxygen atoms in total. The van der Waals surface area contributed by atoms with Gasteiger partial charge < -0.3 is 14.6 Å². The van der Waals surface area contributed by atoms with Crippen molar-refractivity contribution >= 4 is 11.5 Å². The number of non-ortho nitro benzene ring substituents is 1. The molecule has 0 atom stereocenters. The van der Waals surface area contributed by atoms with Crippen LogP contribution in [0.4, 0.5) is 5.69 Å². The molecule has 0 radical (unpaired) electrons. The highest BCUT2D eigenvalue weighted by atomic mass is 16.6. The van der Waals surface area contributed by atoms with E-state index in [4.69, 9.17) is 9.47 Å². The second-order valence-corrected chi connectivity index (χ2v) is 4.73. The number of Topliss-reactive ketones (excluding diaryl/α,β-unsaturated/α-hetero) is 1. The molecule has 7 heteroatoms. The number of hydrogen-bond acceptors (Lipinski definition) is 6. The van der Waals surface area contributed by atoms with E-state index in [2.05, 4.69) is 0 Å². The Morgan fingerprint density at radius 3 is 2.43 bits per heavy atom. The molecule has 0 heterocycles. The first-order valence-electron chi connectivity index (χ1n) is 6.71. The largest absolute Gasteiger partial charge is 0.493 e. The summed E-state index contributed by atoms with van der Waals surface area (Å²) >= 11 is 0. The summed E-state index contributed by atoms with van der Waals surface area (Å²) in [6, 6.07) is 8.63. The summed E-state index contributed by atoms with van der Waals surface area (Å²) in [4.78, 5) is 21.6. The molecular weight excluding hydrogens is 302 g/mol. The number of aliphatic hydroxyl groups excluding tert-OH is 1. The maximum absolute atomic E-state index is 11.4. The van der Waals surface area contributed by atoms with Gasteiger partial charge in [-0.25, -0.2) is 0 Å². The molecule has 1 N–H and O–H groups in total. The number of ether oxygens (including phenoxy) is 2. The number of benzene rings is 2. The number of carbonyl (C=O) groups is 1. The van der Waals surface area contributed by atoms with Crippen LogP contribution in [-0.2, 0) is 6.61 Å². The van der Waals surface area contributed by atoms with Crippen molar-refractivity contribution in [1.82, 2.24) is 0 Å². The summed E-state index contributed by atoms with van der Waals surface area (Å²) in [6.07, 6.45) is 0. The van der Waals surface area contributed by atoms with Crippen LogP contribution in [0.5, 0.6) is 17.2 Å². The predicted molar refractivity (Wildman–Crippen MR) is 82.1 cm³/mol. The number of ketones is 1. The molecule has 0 aliphatic carbocycles. The first kappa shape index (κ1) is 16.4. The lowest BCUT2D eigenvalue weighted by molar-refractivity contribution is -0.385. The minimum atomic E-state index is -0.550. The van der Waals surface area contributed by atoms with Gasteiger partial charge in [0.1, 0.15) is 5.75 Å². The molecule has 0 fully saturated rings. The van der Waals surface area contributed by atoms with Crippen LogP contribution < -0.4 is 9.47 Å². The van der Waals surface area contributed by atoms with E-state index in [0.29, 0.717) is 17.1 Å². The second kappa shape index (κ2) is 6.89. The van der Waals surface area contributed by atoms with Gasteiger partial charge in [-0.2, -0.15) is 0 Å². The summed E-state index contributed by atoms with van der Waals surface area (Å²) in [6.45, 7) is 1.03. The zero-order valence-corrected chi connectivity index (χ0v) is 12.6. The van der Waals surface area contributed by atoms with Gasteiger partial charge in [-0.05, 0) is 31.2 Å². The zero-order valence-electron chi connectivity index (χ0n) is 12.6. The lowest BCUT2D eigenvalue weighted by Crippen LogP contribution is -1.98. The molecule has 23 heavy (non-hydrogen) atoms. The summed E-state index contributed by atoms with van der Waals surface area (Å²) in [5, 5.41) is 20.1. The van der Waals surface area contributed by atoms with Crippen molar-refractivity contribution in [2.24, 2.45) is 0 Å². The number of nitro benzene ring substituents is 1. The van der Waals surface area contributed by atoms with Crippen molar-refractivity contribution in [2.45, 2.75) is 13.5 Å². The first-order chi connectivity index (χ1) is 11.0. The van der Waals surface area contributed by atoms with Crippen LogP contribution in [0.25, 0.3) is 0 Å². The van der Waals surface area contributed by atoms with E-state index in [-0.39, 0.29) is 22.8 Å². The number of rotatable bonds is 6. The number of methoxy groups -OCH3 is 1. The Labute approximate surface area is 132 Å². The summed E-state index contributed by atoms with van der Waals surface area (Å²) in [5.41, 5.74) is 0.609. The number of carbonyl (C=O) groups excluding carboxylic acids is 1. The molecule has 0 spiro atoms. The monoisotopic (exact) mass is 317 g/mol. The van der Waals surface area contributed by atoms with E-state index in [1.807, 2.05) is 0 Å². The van der Waals surface area contributed by atoms with Crippen LogP contribution >= 0.6 is 0 Å². The van der Waals surface area contributed by atoms with Gasteiger partial charge in [-0.15, -0.1) is 0 Å². The van der Waals surface area contributed by atoms with E-state index < -0.39 is 11.5 Å². The van der Waals surface area contributed by atoms with Crippen molar-refractivity contribution in [2.75, 3.05) is 7.11 Å². The molecule has 0 aliphatic rings. The molecule has 2 rings (SSSR count). The Morgan fingerprint density at radius 1 is 1.17 bits per heavy atom. The molecule has 0 aliphatic heterocycles. The van der Waals surface area contributed by atoms with E-state index >= 15 is 0 Å². The fraction of sp³-hybridized carbons (Fsp3) is 0.188. The summed E-state index contributed by atoms with van der Waals surface area (Å²) < 4.78 is 10.9. The third-order valence-electron chi connectivity index (χ3n) is 3.22. The quantitative estimate of drug-likeness (QED) is 0.499. The normalized spacial score (nSPS) is 10.2. The average molecular weight is 317 g/mol. The van der Waals surface area contributed by atoms with Crippen molar-refractivity contribution < 1.29 is 24.3 Å². The lowest BCUT2D eigenvalue weighted by Gasteiger charge is -2.13. The van der Waals surface area contributed by atoms with Crippen LogP contribution in [0.3, 0.4) is 0 Å². The fourth-order valence-electron chi connectivity index (χ4n) is 1.99. The highest BCUT2D eigenvalue weighted by Gasteiger charge is 2.14. The van der Waals surface area contributed by atoms with Crippen LogP contribution in [-0.4, -0.2) is 22.9 Å². The third kappa shape index (κ3) is 3.64. The number of nitro groups is 1. The van der Waals surface area contributed by atoms with Crippen molar-refractivity contribution in [3.63, 3.8) is 0 Å². The number of nitrogens with zero attached hydrogens (tertiary/aromatic N) is 1. The van der Waals surface area contributed by atoms with Gasteiger partial charge in [-0.1, -0.05) is 0 Å². The molecule has 2 aromatic carbocycles. The molecule has 0 unspecified atom stereocenters. The average Bonchev–Trinajstić information content (AvgIpc) is 2.55. The van der Waals surface area contributed by atoms with Crippen LogP contribution in [0.1, 0.15) is 22.8 Å².